The van der Waals surface area contributed by atoms with Gasteiger partial charge in [-0.2, -0.15) is 10.4 Å². The quantitative estimate of drug-likeness (QED) is 0.909. The monoisotopic (exact) mass is 259 g/mol. The van der Waals surface area contributed by atoms with Crippen LogP contribution < -0.4 is 5.32 Å². The van der Waals surface area contributed by atoms with Gasteiger partial charge >= 0.3 is 0 Å². The summed E-state index contributed by atoms with van der Waals surface area (Å²) in [6, 6.07) is 2.17. The third-order valence-electron chi connectivity index (χ3n) is 2.68. The summed E-state index contributed by atoms with van der Waals surface area (Å²) in [5.74, 6) is 0.553. The molecule has 0 spiro atoms. The standard InChI is InChI=1S/C12H13N5S/c1-8-9(2)16-17-12(10(8)7-13)15-4-3-11-14-5-6-18-11/h5-6H,3-4H2,1-2H3,(H,15,17). The molecule has 2 aromatic heterocycles. The van der Waals surface area contributed by atoms with E-state index in [-0.39, 0.29) is 0 Å². The SMILES string of the molecule is Cc1nnc(NCCc2nccs2)c(C#N)c1C. The summed E-state index contributed by atoms with van der Waals surface area (Å²) in [6.07, 6.45) is 2.60. The number of nitrogens with one attached hydrogen (secondary N) is 1. The van der Waals surface area contributed by atoms with Gasteiger partial charge in [0.2, 0.25) is 0 Å². The van der Waals surface area contributed by atoms with E-state index < -0.39 is 0 Å². The van der Waals surface area contributed by atoms with Gasteiger partial charge < -0.3 is 5.32 Å². The maximum absolute atomic E-state index is 9.14. The van der Waals surface area contributed by atoms with E-state index in [9.17, 15) is 0 Å². The molecule has 0 atom stereocenters. The van der Waals surface area contributed by atoms with Crippen LogP contribution in [0.2, 0.25) is 0 Å². The minimum absolute atomic E-state index is 0.553. The molecule has 0 amide bonds. The molecule has 0 radical (unpaired) electrons. The van der Waals surface area contributed by atoms with E-state index in [0.717, 1.165) is 22.7 Å². The normalized spacial score (nSPS) is 10.1. The molecule has 0 unspecified atom stereocenters. The fourth-order valence-corrected chi connectivity index (χ4v) is 2.15. The summed E-state index contributed by atoms with van der Waals surface area (Å²) < 4.78 is 0. The van der Waals surface area contributed by atoms with Gasteiger partial charge in [0, 0.05) is 24.5 Å². The van der Waals surface area contributed by atoms with Gasteiger partial charge in [0.1, 0.15) is 11.6 Å². The summed E-state index contributed by atoms with van der Waals surface area (Å²) in [5, 5.41) is 23.4. The summed E-state index contributed by atoms with van der Waals surface area (Å²) in [5.41, 5.74) is 2.24. The van der Waals surface area contributed by atoms with Crippen molar-refractivity contribution in [2.75, 3.05) is 11.9 Å². The lowest BCUT2D eigenvalue weighted by Gasteiger charge is -2.08. The van der Waals surface area contributed by atoms with Crippen LogP contribution >= 0.6 is 11.3 Å². The first-order valence-electron chi connectivity index (χ1n) is 5.58. The lowest BCUT2D eigenvalue weighted by molar-refractivity contribution is 0.923. The number of thiazole rings is 1. The lowest BCUT2D eigenvalue weighted by atomic mass is 10.1. The molecule has 0 aliphatic rings. The third kappa shape index (κ3) is 2.63. The van der Waals surface area contributed by atoms with Crippen molar-refractivity contribution in [3.63, 3.8) is 0 Å². The summed E-state index contributed by atoms with van der Waals surface area (Å²) in [7, 11) is 0. The van der Waals surface area contributed by atoms with E-state index in [1.165, 1.54) is 0 Å². The average molecular weight is 259 g/mol. The maximum Gasteiger partial charge on any atom is 0.166 e. The third-order valence-corrected chi connectivity index (χ3v) is 3.52. The number of nitriles is 1. The van der Waals surface area contributed by atoms with Gasteiger partial charge in [-0.25, -0.2) is 4.98 Å². The zero-order valence-corrected chi connectivity index (χ0v) is 11.1. The smallest absolute Gasteiger partial charge is 0.166 e. The second-order valence-electron chi connectivity index (χ2n) is 3.85. The molecule has 2 rings (SSSR count). The first-order valence-corrected chi connectivity index (χ1v) is 6.46. The lowest BCUT2D eigenvalue weighted by Crippen LogP contribution is -2.10. The molecule has 92 valence electrons. The molecule has 18 heavy (non-hydrogen) atoms. The van der Waals surface area contributed by atoms with Crippen LogP contribution in [0.1, 0.15) is 21.8 Å². The molecule has 0 aromatic carbocycles. The Morgan fingerprint density at radius 1 is 1.39 bits per heavy atom. The topological polar surface area (TPSA) is 74.5 Å². The summed E-state index contributed by atoms with van der Waals surface area (Å²) in [4.78, 5) is 4.20. The fourth-order valence-electron chi connectivity index (χ4n) is 1.53. The van der Waals surface area contributed by atoms with Crippen molar-refractivity contribution < 1.29 is 0 Å². The molecule has 0 aliphatic heterocycles. The van der Waals surface area contributed by atoms with E-state index in [2.05, 4.69) is 26.6 Å². The van der Waals surface area contributed by atoms with Crippen molar-refractivity contribution in [3.8, 4) is 6.07 Å². The van der Waals surface area contributed by atoms with E-state index in [1.807, 2.05) is 19.2 Å². The largest absolute Gasteiger partial charge is 0.367 e. The highest BCUT2D eigenvalue weighted by Gasteiger charge is 2.10. The number of aryl methyl sites for hydroxylation is 1. The van der Waals surface area contributed by atoms with Gasteiger partial charge in [-0.3, -0.25) is 0 Å². The van der Waals surface area contributed by atoms with Crippen molar-refractivity contribution in [2.24, 2.45) is 0 Å². The molecule has 0 fully saturated rings. The Morgan fingerprint density at radius 3 is 2.89 bits per heavy atom. The molecule has 0 saturated carbocycles. The molecule has 2 aromatic rings. The van der Waals surface area contributed by atoms with Gasteiger partial charge in [-0.1, -0.05) is 0 Å². The van der Waals surface area contributed by atoms with Gasteiger partial charge in [-0.05, 0) is 19.4 Å². The Balaban J connectivity index is 2.06. The second-order valence-corrected chi connectivity index (χ2v) is 4.83. The molecule has 1 N–H and O–H groups in total. The molecular weight excluding hydrogens is 246 g/mol. The zero-order chi connectivity index (χ0) is 13.0. The van der Waals surface area contributed by atoms with E-state index in [4.69, 9.17) is 5.26 Å². The first kappa shape index (κ1) is 12.5. The number of nitrogens with zero attached hydrogens (tertiary/aromatic N) is 4. The molecule has 5 nitrogen and oxygen atoms in total. The number of hydrogen-bond acceptors (Lipinski definition) is 6. The van der Waals surface area contributed by atoms with E-state index >= 15 is 0 Å². The van der Waals surface area contributed by atoms with Crippen LogP contribution in [0.25, 0.3) is 0 Å². The summed E-state index contributed by atoms with van der Waals surface area (Å²) >= 11 is 1.62. The van der Waals surface area contributed by atoms with Crippen molar-refractivity contribution in [1.82, 2.24) is 15.2 Å². The minimum atomic E-state index is 0.553. The van der Waals surface area contributed by atoms with Crippen molar-refractivity contribution in [1.29, 1.82) is 5.26 Å². The van der Waals surface area contributed by atoms with Crippen LogP contribution in [0.3, 0.4) is 0 Å². The highest BCUT2D eigenvalue weighted by atomic mass is 32.1. The minimum Gasteiger partial charge on any atom is -0.367 e. The maximum atomic E-state index is 9.14. The first-order chi connectivity index (χ1) is 8.72. The molecule has 0 bridgehead atoms. The van der Waals surface area contributed by atoms with Crippen LogP contribution in [0.4, 0.5) is 5.82 Å². The van der Waals surface area contributed by atoms with Gasteiger partial charge in [0.05, 0.1) is 10.7 Å². The Bertz CT molecular complexity index is 571. The number of hydrogen-bond donors (Lipinski definition) is 1. The van der Waals surface area contributed by atoms with Gasteiger partial charge in [-0.15, -0.1) is 16.4 Å². The second kappa shape index (κ2) is 5.56. The van der Waals surface area contributed by atoms with Gasteiger partial charge in [0.25, 0.3) is 0 Å². The Kier molecular flexibility index (Phi) is 3.85. The highest BCUT2D eigenvalue weighted by Crippen LogP contribution is 2.17. The highest BCUT2D eigenvalue weighted by molar-refractivity contribution is 7.09. The molecule has 2 heterocycles. The van der Waals surface area contributed by atoms with E-state index in [1.54, 1.807) is 17.5 Å². The zero-order valence-electron chi connectivity index (χ0n) is 10.3. The molecular formula is C12H13N5S. The number of rotatable bonds is 4. The van der Waals surface area contributed by atoms with Crippen LogP contribution in [-0.2, 0) is 6.42 Å². The number of anilines is 1. The predicted octanol–water partition coefficient (Wildman–Crippen LogP) is 2.08. The fraction of sp³-hybridized carbons (Fsp3) is 0.333. The van der Waals surface area contributed by atoms with Crippen LogP contribution in [0, 0.1) is 25.2 Å². The Hall–Kier alpha value is -2.00. The predicted molar refractivity (Wildman–Crippen MR) is 70.5 cm³/mol. The van der Waals surface area contributed by atoms with Crippen molar-refractivity contribution in [3.05, 3.63) is 33.4 Å². The van der Waals surface area contributed by atoms with Crippen LogP contribution in [-0.4, -0.2) is 21.7 Å². The summed E-state index contributed by atoms with van der Waals surface area (Å²) in [6.45, 7) is 4.43. The van der Waals surface area contributed by atoms with Crippen molar-refractivity contribution >= 4 is 17.2 Å². The van der Waals surface area contributed by atoms with Crippen LogP contribution in [0.5, 0.6) is 0 Å². The number of aromatic nitrogens is 3. The van der Waals surface area contributed by atoms with Crippen LogP contribution in [0.15, 0.2) is 11.6 Å². The van der Waals surface area contributed by atoms with Gasteiger partial charge in [0.15, 0.2) is 5.82 Å². The molecule has 0 aliphatic carbocycles. The van der Waals surface area contributed by atoms with Crippen molar-refractivity contribution in [2.45, 2.75) is 20.3 Å². The van der Waals surface area contributed by atoms with E-state index in [0.29, 0.717) is 17.9 Å². The average Bonchev–Trinajstić information content (AvgIpc) is 2.87. The Labute approximate surface area is 110 Å². The Morgan fingerprint density at radius 2 is 2.22 bits per heavy atom. The molecule has 6 heteroatoms. The molecule has 0 saturated heterocycles.